The molecule has 15 heavy (non-hydrogen) atoms. The van der Waals surface area contributed by atoms with Crippen molar-refractivity contribution in [3.8, 4) is 11.5 Å². The van der Waals surface area contributed by atoms with E-state index in [2.05, 4.69) is 25.9 Å². The Morgan fingerprint density at radius 1 is 1.47 bits per heavy atom. The van der Waals surface area contributed by atoms with Crippen LogP contribution in [0.4, 0.5) is 0 Å². The smallest absolute Gasteiger partial charge is 0.167 e. The van der Waals surface area contributed by atoms with Crippen molar-refractivity contribution in [2.45, 2.75) is 0 Å². The summed E-state index contributed by atoms with van der Waals surface area (Å²) in [6.45, 7) is 0. The molecule has 0 atom stereocenters. The number of aldehydes is 1. The predicted octanol–water partition coefficient (Wildman–Crippen LogP) is 2.97. The van der Waals surface area contributed by atoms with E-state index in [0.29, 0.717) is 22.2 Å². The van der Waals surface area contributed by atoms with E-state index in [9.17, 15) is 4.79 Å². The van der Waals surface area contributed by atoms with Crippen molar-refractivity contribution in [1.82, 2.24) is 9.97 Å². The summed E-state index contributed by atoms with van der Waals surface area (Å²) >= 11 is 9.04. The molecule has 0 amide bonds. The van der Waals surface area contributed by atoms with E-state index in [-0.39, 0.29) is 10.7 Å². The highest BCUT2D eigenvalue weighted by Gasteiger charge is 2.16. The summed E-state index contributed by atoms with van der Waals surface area (Å²) in [6.07, 6.45) is 3.37. The van der Waals surface area contributed by atoms with Gasteiger partial charge < -0.3 is 4.42 Å². The van der Waals surface area contributed by atoms with Crippen LogP contribution in [0.5, 0.6) is 0 Å². The number of nitrogens with zero attached hydrogens (tertiary/aromatic N) is 2. The summed E-state index contributed by atoms with van der Waals surface area (Å²) in [5, 5.41) is 0.110. The maximum absolute atomic E-state index is 10.8. The third kappa shape index (κ3) is 1.80. The van der Waals surface area contributed by atoms with Crippen LogP contribution in [0.3, 0.4) is 0 Å². The fourth-order valence-corrected chi connectivity index (χ4v) is 1.69. The Kier molecular flexibility index (Phi) is 2.83. The lowest BCUT2D eigenvalue weighted by molar-refractivity contribution is 0.112. The average Bonchev–Trinajstić information content (AvgIpc) is 2.64. The first-order chi connectivity index (χ1) is 7.24. The van der Waals surface area contributed by atoms with E-state index in [0.717, 1.165) is 0 Å². The van der Waals surface area contributed by atoms with E-state index in [1.807, 2.05) is 0 Å². The van der Waals surface area contributed by atoms with Crippen LogP contribution in [0.1, 0.15) is 10.4 Å². The van der Waals surface area contributed by atoms with Gasteiger partial charge in [-0.1, -0.05) is 11.6 Å². The van der Waals surface area contributed by atoms with Gasteiger partial charge in [-0.3, -0.25) is 4.79 Å². The average molecular weight is 288 g/mol. The van der Waals surface area contributed by atoms with Crippen LogP contribution in [-0.2, 0) is 0 Å². The standard InChI is InChI=1S/C9H4BrClN2O2/c10-6-1-2-15-8(6)7-5(3-14)9(11)13-4-12-7/h1-4H. The van der Waals surface area contributed by atoms with Crippen LogP contribution >= 0.6 is 27.5 Å². The molecule has 0 aliphatic heterocycles. The molecule has 0 aliphatic rings. The number of rotatable bonds is 2. The predicted molar refractivity (Wildman–Crippen MR) is 57.8 cm³/mol. The van der Waals surface area contributed by atoms with Crippen LogP contribution < -0.4 is 0 Å². The number of carbonyl (C=O) groups is 1. The Morgan fingerprint density at radius 2 is 2.27 bits per heavy atom. The van der Waals surface area contributed by atoms with Gasteiger partial charge >= 0.3 is 0 Å². The normalized spacial score (nSPS) is 10.3. The van der Waals surface area contributed by atoms with Gasteiger partial charge in [0.2, 0.25) is 0 Å². The van der Waals surface area contributed by atoms with Crippen molar-refractivity contribution in [1.29, 1.82) is 0 Å². The third-order valence-electron chi connectivity index (χ3n) is 1.79. The molecule has 2 aromatic heterocycles. The summed E-state index contributed by atoms with van der Waals surface area (Å²) in [7, 11) is 0. The van der Waals surface area contributed by atoms with Crippen LogP contribution in [0.15, 0.2) is 27.5 Å². The molecule has 0 unspecified atom stereocenters. The van der Waals surface area contributed by atoms with Gasteiger partial charge in [0.1, 0.15) is 17.2 Å². The van der Waals surface area contributed by atoms with Gasteiger partial charge in [-0.25, -0.2) is 9.97 Å². The molecule has 2 heterocycles. The van der Waals surface area contributed by atoms with E-state index >= 15 is 0 Å². The zero-order chi connectivity index (χ0) is 10.8. The molecular formula is C9H4BrClN2O2. The highest BCUT2D eigenvalue weighted by Crippen LogP contribution is 2.31. The number of hydrogen-bond acceptors (Lipinski definition) is 4. The van der Waals surface area contributed by atoms with E-state index in [1.54, 1.807) is 6.07 Å². The van der Waals surface area contributed by atoms with Crippen molar-refractivity contribution in [2.24, 2.45) is 0 Å². The van der Waals surface area contributed by atoms with Crippen molar-refractivity contribution in [2.75, 3.05) is 0 Å². The molecule has 2 rings (SSSR count). The molecule has 0 bridgehead atoms. The summed E-state index contributed by atoms with van der Waals surface area (Å²) in [5.74, 6) is 0.460. The molecular weight excluding hydrogens is 283 g/mol. The Hall–Kier alpha value is -1.20. The quantitative estimate of drug-likeness (QED) is 0.629. The highest BCUT2D eigenvalue weighted by atomic mass is 79.9. The van der Waals surface area contributed by atoms with Crippen molar-refractivity contribution < 1.29 is 9.21 Å². The van der Waals surface area contributed by atoms with Gasteiger partial charge in [-0.15, -0.1) is 0 Å². The van der Waals surface area contributed by atoms with Crippen LogP contribution in [0.25, 0.3) is 11.5 Å². The van der Waals surface area contributed by atoms with E-state index < -0.39 is 0 Å². The van der Waals surface area contributed by atoms with Gasteiger partial charge in [0.25, 0.3) is 0 Å². The van der Waals surface area contributed by atoms with Gasteiger partial charge in [0.05, 0.1) is 16.3 Å². The maximum atomic E-state index is 10.8. The molecule has 0 saturated heterocycles. The first-order valence-corrected chi connectivity index (χ1v) is 5.10. The molecule has 0 radical (unpaired) electrons. The van der Waals surface area contributed by atoms with Gasteiger partial charge in [-0.05, 0) is 22.0 Å². The molecule has 0 aromatic carbocycles. The summed E-state index contributed by atoms with van der Waals surface area (Å²) < 4.78 is 5.90. The fraction of sp³-hybridized carbons (Fsp3) is 0. The first-order valence-electron chi connectivity index (χ1n) is 3.93. The molecule has 0 N–H and O–H groups in total. The van der Waals surface area contributed by atoms with Crippen LogP contribution in [0.2, 0.25) is 5.15 Å². The molecule has 76 valence electrons. The molecule has 4 nitrogen and oxygen atoms in total. The minimum atomic E-state index is 0.110. The SMILES string of the molecule is O=Cc1c(Cl)ncnc1-c1occc1Br. The Bertz CT molecular complexity index is 513. The minimum absolute atomic E-state index is 0.110. The van der Waals surface area contributed by atoms with Gasteiger partial charge in [-0.2, -0.15) is 0 Å². The number of halogens is 2. The van der Waals surface area contributed by atoms with E-state index in [1.165, 1.54) is 12.6 Å². The number of hydrogen-bond donors (Lipinski definition) is 0. The zero-order valence-electron chi connectivity index (χ0n) is 7.28. The molecule has 0 fully saturated rings. The van der Waals surface area contributed by atoms with Crippen molar-refractivity contribution in [3.05, 3.63) is 33.8 Å². The highest BCUT2D eigenvalue weighted by molar-refractivity contribution is 9.10. The molecule has 6 heteroatoms. The zero-order valence-corrected chi connectivity index (χ0v) is 9.62. The summed E-state index contributed by atoms with van der Waals surface area (Å²) in [6, 6.07) is 1.71. The number of carbonyl (C=O) groups excluding carboxylic acids is 1. The monoisotopic (exact) mass is 286 g/mol. The first kappa shape index (κ1) is 10.3. The lowest BCUT2D eigenvalue weighted by Gasteiger charge is -2.01. The molecule has 0 spiro atoms. The molecule has 0 saturated carbocycles. The third-order valence-corrected chi connectivity index (χ3v) is 2.71. The summed E-state index contributed by atoms with van der Waals surface area (Å²) in [4.78, 5) is 18.5. The van der Waals surface area contributed by atoms with Gasteiger partial charge in [0, 0.05) is 0 Å². The lowest BCUT2D eigenvalue weighted by Crippen LogP contribution is -1.94. The molecule has 0 aliphatic carbocycles. The number of aromatic nitrogens is 2. The fourth-order valence-electron chi connectivity index (χ4n) is 1.12. The van der Waals surface area contributed by atoms with Crippen molar-refractivity contribution in [3.63, 3.8) is 0 Å². The number of furan rings is 1. The topological polar surface area (TPSA) is 56.0 Å². The second-order valence-corrected chi connectivity index (χ2v) is 3.85. The van der Waals surface area contributed by atoms with Crippen LogP contribution in [0, 0.1) is 0 Å². The van der Waals surface area contributed by atoms with Gasteiger partial charge in [0.15, 0.2) is 12.0 Å². The Morgan fingerprint density at radius 3 is 2.87 bits per heavy atom. The summed E-state index contributed by atoms with van der Waals surface area (Å²) in [5.41, 5.74) is 0.594. The van der Waals surface area contributed by atoms with E-state index in [4.69, 9.17) is 16.0 Å². The van der Waals surface area contributed by atoms with Crippen LogP contribution in [-0.4, -0.2) is 16.3 Å². The lowest BCUT2D eigenvalue weighted by atomic mass is 10.2. The Labute approximate surface area is 98.4 Å². The largest absolute Gasteiger partial charge is 0.461 e. The Balaban J connectivity index is 2.68. The van der Waals surface area contributed by atoms with Crippen molar-refractivity contribution >= 4 is 33.8 Å². The maximum Gasteiger partial charge on any atom is 0.167 e. The second kappa shape index (κ2) is 4.12. The minimum Gasteiger partial charge on any atom is -0.461 e. The second-order valence-electron chi connectivity index (χ2n) is 2.64. The molecule has 2 aromatic rings.